The van der Waals surface area contributed by atoms with Crippen molar-refractivity contribution in [3.63, 3.8) is 0 Å². The van der Waals surface area contributed by atoms with Gasteiger partial charge in [0, 0.05) is 5.92 Å². The summed E-state index contributed by atoms with van der Waals surface area (Å²) >= 11 is 0. The van der Waals surface area contributed by atoms with Crippen LogP contribution in [0.25, 0.3) is 0 Å². The summed E-state index contributed by atoms with van der Waals surface area (Å²) in [6.45, 7) is 1.81. The first kappa shape index (κ1) is 9.57. The molecule has 0 spiro atoms. The highest BCUT2D eigenvalue weighted by Gasteiger charge is 2.46. The lowest BCUT2D eigenvalue weighted by Crippen LogP contribution is -2.41. The Balaban J connectivity index is 2.55. The Hall–Kier alpha value is -1.98. The zero-order valence-electron chi connectivity index (χ0n) is 8.08. The second kappa shape index (κ2) is 3.30. The van der Waals surface area contributed by atoms with Crippen LogP contribution in [0.5, 0.6) is 0 Å². The van der Waals surface area contributed by atoms with Crippen LogP contribution in [0.1, 0.15) is 12.7 Å². The van der Waals surface area contributed by atoms with Crippen LogP contribution < -0.4 is 0 Å². The summed E-state index contributed by atoms with van der Waals surface area (Å²) in [5.41, 5.74) is -1.21. The van der Waals surface area contributed by atoms with Gasteiger partial charge in [-0.2, -0.15) is 5.21 Å². The van der Waals surface area contributed by atoms with Gasteiger partial charge in [-0.05, 0) is 0 Å². The zero-order chi connectivity index (χ0) is 10.9. The third-order valence-electron chi connectivity index (χ3n) is 2.66. The lowest BCUT2D eigenvalue weighted by molar-refractivity contribution is -0.143. The lowest BCUT2D eigenvalue weighted by Gasteiger charge is -2.28. The molecule has 0 fully saturated rings. The number of nitrogens with one attached hydrogen (secondary N) is 1. The lowest BCUT2D eigenvalue weighted by atomic mass is 9.73. The van der Waals surface area contributed by atoms with Crippen LogP contribution in [0.15, 0.2) is 24.3 Å². The van der Waals surface area contributed by atoms with E-state index in [-0.39, 0.29) is 11.7 Å². The first-order valence-electron chi connectivity index (χ1n) is 4.51. The first-order chi connectivity index (χ1) is 7.18. The largest absolute Gasteiger partial charge is 0.480 e. The van der Waals surface area contributed by atoms with Gasteiger partial charge in [-0.3, -0.25) is 4.79 Å². The van der Waals surface area contributed by atoms with Crippen molar-refractivity contribution in [2.45, 2.75) is 12.3 Å². The summed E-state index contributed by atoms with van der Waals surface area (Å²) in [6, 6.07) is 0. The standard InChI is InChI=1S/C9H10N4O2/c1-6-4-2-3-5-9(6,8(14)15)7-10-12-13-11-7/h2-6H,1H3,(H,14,15)(H,10,11,12,13). The second-order valence-electron chi connectivity index (χ2n) is 3.44. The SMILES string of the molecule is CC1C=CC=CC1(C(=O)O)c1nn[nH]n1. The van der Waals surface area contributed by atoms with E-state index in [2.05, 4.69) is 20.6 Å². The molecule has 2 atom stereocenters. The molecule has 15 heavy (non-hydrogen) atoms. The molecule has 0 saturated heterocycles. The van der Waals surface area contributed by atoms with Gasteiger partial charge in [-0.25, -0.2) is 0 Å². The first-order valence-corrected chi connectivity index (χ1v) is 4.51. The summed E-state index contributed by atoms with van der Waals surface area (Å²) in [5.74, 6) is -1.00. The molecular weight excluding hydrogens is 196 g/mol. The Kier molecular flexibility index (Phi) is 2.11. The van der Waals surface area contributed by atoms with Crippen molar-refractivity contribution >= 4 is 5.97 Å². The molecule has 1 aliphatic rings. The molecule has 6 nitrogen and oxygen atoms in total. The number of aromatic nitrogens is 4. The third kappa shape index (κ3) is 1.25. The number of aromatic amines is 1. The maximum atomic E-state index is 11.4. The molecular formula is C9H10N4O2. The second-order valence-corrected chi connectivity index (χ2v) is 3.44. The molecule has 0 aromatic carbocycles. The Morgan fingerprint density at radius 2 is 2.40 bits per heavy atom. The van der Waals surface area contributed by atoms with E-state index in [4.69, 9.17) is 0 Å². The average Bonchev–Trinajstić information content (AvgIpc) is 2.71. The number of carboxylic acid groups (broad SMARTS) is 1. The molecule has 2 N–H and O–H groups in total. The molecule has 0 amide bonds. The van der Waals surface area contributed by atoms with Crippen LogP contribution in [0.4, 0.5) is 0 Å². The van der Waals surface area contributed by atoms with Gasteiger partial charge in [0.25, 0.3) is 0 Å². The summed E-state index contributed by atoms with van der Waals surface area (Å²) in [7, 11) is 0. The van der Waals surface area contributed by atoms with Gasteiger partial charge in [-0.15, -0.1) is 10.2 Å². The van der Waals surface area contributed by atoms with Crippen molar-refractivity contribution in [3.8, 4) is 0 Å². The van der Waals surface area contributed by atoms with Crippen LogP contribution in [0, 0.1) is 5.92 Å². The normalized spacial score (nSPS) is 29.3. The quantitative estimate of drug-likeness (QED) is 0.725. The molecule has 0 aliphatic heterocycles. The van der Waals surface area contributed by atoms with Crippen molar-refractivity contribution in [1.82, 2.24) is 20.6 Å². The van der Waals surface area contributed by atoms with Gasteiger partial charge >= 0.3 is 5.97 Å². The number of aliphatic carboxylic acids is 1. The topological polar surface area (TPSA) is 91.8 Å². The van der Waals surface area contributed by atoms with Gasteiger partial charge in [0.15, 0.2) is 11.2 Å². The zero-order valence-corrected chi connectivity index (χ0v) is 8.08. The summed E-state index contributed by atoms with van der Waals surface area (Å²) in [5, 5.41) is 22.5. The maximum absolute atomic E-state index is 11.4. The highest BCUT2D eigenvalue weighted by molar-refractivity contribution is 5.84. The van der Waals surface area contributed by atoms with E-state index in [9.17, 15) is 9.90 Å². The van der Waals surface area contributed by atoms with Gasteiger partial charge in [0.1, 0.15) is 0 Å². The van der Waals surface area contributed by atoms with E-state index in [1.807, 2.05) is 19.1 Å². The number of carboxylic acids is 1. The molecule has 0 saturated carbocycles. The van der Waals surface area contributed by atoms with Crippen LogP contribution >= 0.6 is 0 Å². The number of hydrogen-bond donors (Lipinski definition) is 2. The van der Waals surface area contributed by atoms with E-state index >= 15 is 0 Å². The highest BCUT2D eigenvalue weighted by atomic mass is 16.4. The minimum atomic E-state index is -1.21. The molecule has 0 bridgehead atoms. The Bertz CT molecular complexity index is 423. The molecule has 0 radical (unpaired) electrons. The van der Waals surface area contributed by atoms with E-state index in [0.717, 1.165) is 0 Å². The Morgan fingerprint density at radius 1 is 1.60 bits per heavy atom. The Morgan fingerprint density at radius 3 is 2.93 bits per heavy atom. The highest BCUT2D eigenvalue weighted by Crippen LogP contribution is 2.35. The average molecular weight is 206 g/mol. The number of tetrazole rings is 1. The number of rotatable bonds is 2. The third-order valence-corrected chi connectivity index (χ3v) is 2.66. The fraction of sp³-hybridized carbons (Fsp3) is 0.333. The number of nitrogens with zero attached hydrogens (tertiary/aromatic N) is 3. The minimum Gasteiger partial charge on any atom is -0.480 e. The molecule has 6 heteroatoms. The molecule has 78 valence electrons. The fourth-order valence-electron chi connectivity index (χ4n) is 1.72. The molecule has 2 rings (SSSR count). The smallest absolute Gasteiger partial charge is 0.322 e. The Labute approximate surface area is 85.7 Å². The van der Waals surface area contributed by atoms with Crippen molar-refractivity contribution in [2.75, 3.05) is 0 Å². The predicted octanol–water partition coefficient (Wildman–Crippen LogP) is 0.284. The van der Waals surface area contributed by atoms with E-state index in [1.54, 1.807) is 12.2 Å². The number of carbonyl (C=O) groups is 1. The van der Waals surface area contributed by atoms with Crippen LogP contribution in [-0.2, 0) is 10.2 Å². The van der Waals surface area contributed by atoms with E-state index in [0.29, 0.717) is 0 Å². The van der Waals surface area contributed by atoms with Crippen molar-refractivity contribution < 1.29 is 9.90 Å². The van der Waals surface area contributed by atoms with Crippen LogP contribution in [0.3, 0.4) is 0 Å². The van der Waals surface area contributed by atoms with Gasteiger partial charge in [-0.1, -0.05) is 36.4 Å². The predicted molar refractivity (Wildman–Crippen MR) is 50.9 cm³/mol. The monoisotopic (exact) mass is 206 g/mol. The van der Waals surface area contributed by atoms with E-state index in [1.165, 1.54) is 0 Å². The number of H-pyrrole nitrogens is 1. The van der Waals surface area contributed by atoms with Crippen molar-refractivity contribution in [1.29, 1.82) is 0 Å². The van der Waals surface area contributed by atoms with E-state index < -0.39 is 11.4 Å². The van der Waals surface area contributed by atoms with Crippen LogP contribution in [-0.4, -0.2) is 31.7 Å². The minimum absolute atomic E-state index is 0.183. The summed E-state index contributed by atoms with van der Waals surface area (Å²) in [6.07, 6.45) is 6.89. The fourth-order valence-corrected chi connectivity index (χ4v) is 1.72. The summed E-state index contributed by atoms with van der Waals surface area (Å²) in [4.78, 5) is 11.4. The van der Waals surface area contributed by atoms with Gasteiger partial charge in [0.2, 0.25) is 0 Å². The molecule has 1 aromatic rings. The molecule has 2 unspecified atom stereocenters. The number of hydrogen-bond acceptors (Lipinski definition) is 4. The van der Waals surface area contributed by atoms with Crippen LogP contribution in [0.2, 0.25) is 0 Å². The van der Waals surface area contributed by atoms with Crippen molar-refractivity contribution in [3.05, 3.63) is 30.1 Å². The van der Waals surface area contributed by atoms with Gasteiger partial charge in [0.05, 0.1) is 0 Å². The maximum Gasteiger partial charge on any atom is 0.322 e. The van der Waals surface area contributed by atoms with Gasteiger partial charge < -0.3 is 5.11 Å². The molecule has 1 aromatic heterocycles. The molecule has 1 heterocycles. The molecule has 1 aliphatic carbocycles. The summed E-state index contributed by atoms with van der Waals surface area (Å²) < 4.78 is 0. The van der Waals surface area contributed by atoms with Crippen molar-refractivity contribution in [2.24, 2.45) is 5.92 Å². The number of allylic oxidation sites excluding steroid dienone is 3.